The fraction of sp³-hybridized carbons (Fsp3) is 0.556. The average molecular weight is 281 g/mol. The van der Waals surface area contributed by atoms with E-state index in [9.17, 15) is 10.2 Å². The monoisotopic (exact) mass is 280 g/mol. The van der Waals surface area contributed by atoms with Crippen LogP contribution in [0.5, 0.6) is 0 Å². The van der Waals surface area contributed by atoms with Crippen LogP contribution in [-0.2, 0) is 0 Å². The lowest BCUT2D eigenvalue weighted by Gasteiger charge is -2.17. The molecule has 1 heterocycles. The summed E-state index contributed by atoms with van der Waals surface area (Å²) in [6, 6.07) is 0. The number of thioether (sulfide) groups is 1. The van der Waals surface area contributed by atoms with Gasteiger partial charge in [0.25, 0.3) is 0 Å². The Kier molecular flexibility index (Phi) is 5.85. The van der Waals surface area contributed by atoms with Crippen molar-refractivity contribution in [3.05, 3.63) is 16.9 Å². The van der Waals surface area contributed by atoms with E-state index in [4.69, 9.17) is 11.6 Å². The Morgan fingerprint density at radius 2 is 2.25 bits per heavy atom. The summed E-state index contributed by atoms with van der Waals surface area (Å²) in [4.78, 5) is 7.98. The maximum atomic E-state index is 9.81. The molecule has 16 heavy (non-hydrogen) atoms. The molecule has 0 spiro atoms. The number of aromatic nitrogens is 2. The number of hydrogen-bond acceptors (Lipinski definition) is 6. The van der Waals surface area contributed by atoms with Crippen LogP contribution in [0.3, 0.4) is 0 Å². The van der Waals surface area contributed by atoms with Crippen LogP contribution >= 0.6 is 36.0 Å². The summed E-state index contributed by atoms with van der Waals surface area (Å²) in [6.07, 6.45) is 1.67. The molecule has 7 heteroatoms. The van der Waals surface area contributed by atoms with Crippen molar-refractivity contribution in [2.24, 2.45) is 0 Å². The van der Waals surface area contributed by atoms with Crippen molar-refractivity contribution >= 4 is 36.0 Å². The lowest BCUT2D eigenvalue weighted by Crippen LogP contribution is -2.19. The van der Waals surface area contributed by atoms with Gasteiger partial charge in [-0.15, -0.1) is 0 Å². The SMILES string of the molecule is CSc1ncc(C(O)C(O)CCS)c(Cl)n1. The highest BCUT2D eigenvalue weighted by Gasteiger charge is 2.21. The summed E-state index contributed by atoms with van der Waals surface area (Å²) in [5.41, 5.74) is 0.341. The van der Waals surface area contributed by atoms with Gasteiger partial charge in [0, 0.05) is 11.8 Å². The van der Waals surface area contributed by atoms with Crippen molar-refractivity contribution in [2.75, 3.05) is 12.0 Å². The van der Waals surface area contributed by atoms with Crippen molar-refractivity contribution in [2.45, 2.75) is 23.8 Å². The number of thiol groups is 1. The largest absolute Gasteiger partial charge is 0.390 e. The number of halogens is 1. The first kappa shape index (κ1) is 14.1. The molecule has 0 saturated carbocycles. The van der Waals surface area contributed by atoms with E-state index in [1.165, 1.54) is 18.0 Å². The first-order valence-corrected chi connectivity index (χ1v) is 6.87. The van der Waals surface area contributed by atoms with Crippen LogP contribution in [0.2, 0.25) is 5.15 Å². The van der Waals surface area contributed by atoms with E-state index in [0.717, 1.165) is 0 Å². The maximum absolute atomic E-state index is 9.81. The van der Waals surface area contributed by atoms with E-state index < -0.39 is 12.2 Å². The molecule has 4 nitrogen and oxygen atoms in total. The molecule has 0 aromatic carbocycles. The van der Waals surface area contributed by atoms with E-state index in [-0.39, 0.29) is 5.15 Å². The highest BCUT2D eigenvalue weighted by molar-refractivity contribution is 7.98. The van der Waals surface area contributed by atoms with Gasteiger partial charge < -0.3 is 10.2 Å². The van der Waals surface area contributed by atoms with Crippen LogP contribution in [0.4, 0.5) is 0 Å². The van der Waals surface area contributed by atoms with Gasteiger partial charge in [0.1, 0.15) is 11.3 Å². The van der Waals surface area contributed by atoms with Gasteiger partial charge in [0.15, 0.2) is 5.16 Å². The van der Waals surface area contributed by atoms with E-state index in [1.807, 2.05) is 6.26 Å². The quantitative estimate of drug-likeness (QED) is 0.331. The third kappa shape index (κ3) is 3.49. The van der Waals surface area contributed by atoms with Gasteiger partial charge in [0.05, 0.1) is 6.10 Å². The van der Waals surface area contributed by atoms with Crippen LogP contribution in [0, 0.1) is 0 Å². The smallest absolute Gasteiger partial charge is 0.188 e. The van der Waals surface area contributed by atoms with Crippen LogP contribution in [-0.4, -0.2) is 38.3 Å². The molecule has 1 rings (SSSR count). The zero-order valence-corrected chi connectivity index (χ0v) is 11.1. The number of rotatable bonds is 5. The van der Waals surface area contributed by atoms with Gasteiger partial charge in [-0.1, -0.05) is 23.4 Å². The van der Waals surface area contributed by atoms with Crippen LogP contribution in [0.25, 0.3) is 0 Å². The molecule has 2 unspecified atom stereocenters. The number of aliphatic hydroxyl groups is 2. The molecule has 0 aliphatic rings. The van der Waals surface area contributed by atoms with Gasteiger partial charge in [-0.2, -0.15) is 12.6 Å². The summed E-state index contributed by atoms with van der Waals surface area (Å²) in [5, 5.41) is 20.1. The van der Waals surface area contributed by atoms with E-state index in [0.29, 0.717) is 22.9 Å². The summed E-state index contributed by atoms with van der Waals surface area (Å²) < 4.78 is 0. The molecule has 1 aromatic rings. The molecule has 90 valence electrons. The Morgan fingerprint density at radius 3 is 2.75 bits per heavy atom. The summed E-state index contributed by atoms with van der Waals surface area (Å²) >= 11 is 11.2. The minimum Gasteiger partial charge on any atom is -0.390 e. The molecule has 0 saturated heterocycles. The fourth-order valence-corrected chi connectivity index (χ4v) is 2.05. The van der Waals surface area contributed by atoms with Crippen molar-refractivity contribution in [3.8, 4) is 0 Å². The lowest BCUT2D eigenvalue weighted by atomic mass is 10.1. The molecule has 0 radical (unpaired) electrons. The topological polar surface area (TPSA) is 66.2 Å². The second-order valence-corrected chi connectivity index (χ2v) is 4.71. The highest BCUT2D eigenvalue weighted by atomic mass is 35.5. The van der Waals surface area contributed by atoms with Crippen LogP contribution < -0.4 is 0 Å². The lowest BCUT2D eigenvalue weighted by molar-refractivity contribution is 0.0168. The highest BCUT2D eigenvalue weighted by Crippen LogP contribution is 2.25. The Labute approximate surface area is 109 Å². The second-order valence-electron chi connectivity index (χ2n) is 3.13. The summed E-state index contributed by atoms with van der Waals surface area (Å²) in [5.74, 6) is 0.486. The minimum absolute atomic E-state index is 0.171. The molecule has 0 aliphatic heterocycles. The zero-order valence-electron chi connectivity index (χ0n) is 8.67. The van der Waals surface area contributed by atoms with Gasteiger partial charge in [-0.25, -0.2) is 9.97 Å². The number of aliphatic hydroxyl groups excluding tert-OH is 2. The van der Waals surface area contributed by atoms with Crippen molar-refractivity contribution < 1.29 is 10.2 Å². The molecule has 0 bridgehead atoms. The zero-order chi connectivity index (χ0) is 12.1. The van der Waals surface area contributed by atoms with Crippen molar-refractivity contribution in [1.29, 1.82) is 0 Å². The molecule has 0 aliphatic carbocycles. The third-order valence-corrected chi connectivity index (χ3v) is 3.16. The third-order valence-electron chi connectivity index (χ3n) is 2.04. The summed E-state index contributed by atoms with van der Waals surface area (Å²) in [6.45, 7) is 0. The minimum atomic E-state index is -1.07. The van der Waals surface area contributed by atoms with Crippen molar-refractivity contribution in [1.82, 2.24) is 9.97 Å². The number of hydrogen-bond donors (Lipinski definition) is 3. The molecular formula is C9H13ClN2O2S2. The van der Waals surface area contributed by atoms with E-state index in [2.05, 4.69) is 22.6 Å². The molecule has 2 atom stereocenters. The predicted octanol–water partition coefficient (Wildman–Crippen LogP) is 1.57. The molecule has 1 aromatic heterocycles. The first-order valence-electron chi connectivity index (χ1n) is 4.63. The number of nitrogens with zero attached hydrogens (tertiary/aromatic N) is 2. The van der Waals surface area contributed by atoms with E-state index in [1.54, 1.807) is 0 Å². The Hall–Kier alpha value is -0.0100. The summed E-state index contributed by atoms with van der Waals surface area (Å²) in [7, 11) is 0. The van der Waals surface area contributed by atoms with Gasteiger partial charge in [-0.3, -0.25) is 0 Å². The van der Waals surface area contributed by atoms with Gasteiger partial charge in [-0.05, 0) is 18.4 Å². The van der Waals surface area contributed by atoms with Crippen LogP contribution in [0.1, 0.15) is 18.1 Å². The molecular weight excluding hydrogens is 268 g/mol. The van der Waals surface area contributed by atoms with Crippen LogP contribution in [0.15, 0.2) is 11.4 Å². The molecule has 2 N–H and O–H groups in total. The van der Waals surface area contributed by atoms with Crippen molar-refractivity contribution in [3.63, 3.8) is 0 Å². The Bertz CT molecular complexity index is 354. The Balaban J connectivity index is 2.87. The Morgan fingerprint density at radius 1 is 1.56 bits per heavy atom. The van der Waals surface area contributed by atoms with Gasteiger partial charge >= 0.3 is 0 Å². The maximum Gasteiger partial charge on any atom is 0.188 e. The average Bonchev–Trinajstić information content (AvgIpc) is 2.28. The predicted molar refractivity (Wildman–Crippen MR) is 68.3 cm³/mol. The fourth-order valence-electron chi connectivity index (χ4n) is 1.15. The molecule has 0 fully saturated rings. The van der Waals surface area contributed by atoms with E-state index >= 15 is 0 Å². The second kappa shape index (κ2) is 6.66. The molecule has 0 amide bonds. The standard InChI is InChI=1S/C9H13ClN2O2S2/c1-16-9-11-4-5(8(10)12-9)7(14)6(13)2-3-15/h4,6-7,13-15H,2-3H2,1H3. The van der Waals surface area contributed by atoms with Gasteiger partial charge in [0.2, 0.25) is 0 Å². The normalized spacial score (nSPS) is 14.8. The first-order chi connectivity index (χ1) is 7.60.